The number of hydrazine groups is 1. The maximum Gasteiger partial charge on any atom is 0.188 e. The van der Waals surface area contributed by atoms with Crippen LogP contribution in [0.4, 0.5) is 21.5 Å². The van der Waals surface area contributed by atoms with Crippen molar-refractivity contribution < 1.29 is 9.50 Å². The monoisotopic (exact) mass is 706 g/mol. The van der Waals surface area contributed by atoms with Crippen molar-refractivity contribution in [1.82, 2.24) is 5.01 Å². The van der Waals surface area contributed by atoms with Crippen LogP contribution in [0.15, 0.2) is 176 Å². The Labute approximate surface area is 316 Å². The average molecular weight is 707 g/mol. The molecule has 6 heteroatoms. The number of hydrogen-bond donors (Lipinski definition) is 1. The van der Waals surface area contributed by atoms with Crippen LogP contribution in [0, 0.1) is 17.1 Å². The van der Waals surface area contributed by atoms with Gasteiger partial charge in [-0.15, -0.1) is 0 Å². The summed E-state index contributed by atoms with van der Waals surface area (Å²) in [7, 11) is 0. The Morgan fingerprint density at radius 2 is 1.26 bits per heavy atom. The quantitative estimate of drug-likeness (QED) is 0.144. The summed E-state index contributed by atoms with van der Waals surface area (Å²) < 4.78 is 16.4. The molecule has 1 aliphatic heterocycles. The van der Waals surface area contributed by atoms with E-state index >= 15 is 4.39 Å². The fraction of sp³-hybridized carbons (Fsp3) is 0.104. The van der Waals surface area contributed by atoms with Crippen molar-refractivity contribution in [3.05, 3.63) is 215 Å². The lowest BCUT2D eigenvalue weighted by molar-refractivity contribution is 0.223. The van der Waals surface area contributed by atoms with Crippen molar-refractivity contribution in [2.45, 2.75) is 25.4 Å². The summed E-state index contributed by atoms with van der Waals surface area (Å²) in [5, 5.41) is 25.3. The zero-order valence-corrected chi connectivity index (χ0v) is 30.0. The third-order valence-corrected chi connectivity index (χ3v) is 10.4. The Balaban J connectivity index is 1.43. The van der Waals surface area contributed by atoms with E-state index in [1.54, 1.807) is 12.1 Å². The molecule has 1 heterocycles. The molecule has 5 nitrogen and oxygen atoms in total. The number of aryl methyl sites for hydroxylation is 1. The molecule has 0 saturated heterocycles. The van der Waals surface area contributed by atoms with Crippen LogP contribution in [0.3, 0.4) is 0 Å². The van der Waals surface area contributed by atoms with Crippen LogP contribution >= 0.6 is 0 Å². The minimum atomic E-state index is -0.882. The highest BCUT2D eigenvalue weighted by Gasteiger charge is 2.49. The lowest BCUT2D eigenvalue weighted by atomic mass is 9.76. The fourth-order valence-electron chi connectivity index (χ4n) is 7.87. The molecule has 264 valence electrons. The first kappa shape index (κ1) is 34.4. The second kappa shape index (κ2) is 14.7. The van der Waals surface area contributed by atoms with Gasteiger partial charge in [0, 0.05) is 17.8 Å². The average Bonchev–Trinajstić information content (AvgIpc) is 3.61. The van der Waals surface area contributed by atoms with E-state index in [0.717, 1.165) is 44.6 Å². The van der Waals surface area contributed by atoms with Gasteiger partial charge < -0.3 is 10.0 Å². The van der Waals surface area contributed by atoms with Gasteiger partial charge in [0.05, 0.1) is 29.7 Å². The van der Waals surface area contributed by atoms with Gasteiger partial charge in [0.25, 0.3) is 0 Å². The summed E-state index contributed by atoms with van der Waals surface area (Å²) in [6.45, 7) is 2.69. The first-order valence-electron chi connectivity index (χ1n) is 18.2. The Bertz CT molecular complexity index is 2320. The van der Waals surface area contributed by atoms with Crippen molar-refractivity contribution in [3.8, 4) is 22.9 Å². The lowest BCUT2D eigenvalue weighted by Crippen LogP contribution is -2.56. The van der Waals surface area contributed by atoms with E-state index in [1.807, 2.05) is 54.3 Å². The van der Waals surface area contributed by atoms with Gasteiger partial charge in [-0.05, 0) is 82.3 Å². The highest BCUT2D eigenvalue weighted by molar-refractivity contribution is 5.78. The molecule has 0 radical (unpaired) electrons. The maximum absolute atomic E-state index is 16.4. The summed E-state index contributed by atoms with van der Waals surface area (Å²) in [6.07, 6.45) is 0.614. The standard InChI is InChI=1S/C48H39FN4O/c1-2-35-30-45(47(49)46(54)31-35)52(41-28-26-36(32-50)27-29-41)34-51-33-43-42(37-16-7-3-8-17-37)24-15-25-44(43)53(51)48(38-18-9-4-10-19-38,39-20-11-5-12-21-39)40-22-13-6-14-23-40/h3-31,54H,2,33-34H2,1H3. The molecule has 1 aliphatic rings. The third kappa shape index (κ3) is 6.05. The van der Waals surface area contributed by atoms with Gasteiger partial charge in [0.1, 0.15) is 5.54 Å². The number of nitrogens with zero attached hydrogens (tertiary/aromatic N) is 4. The van der Waals surface area contributed by atoms with E-state index < -0.39 is 17.1 Å². The third-order valence-electron chi connectivity index (χ3n) is 10.4. The topological polar surface area (TPSA) is 53.7 Å². The molecule has 0 saturated carbocycles. The van der Waals surface area contributed by atoms with E-state index in [2.05, 4.69) is 131 Å². The van der Waals surface area contributed by atoms with Crippen LogP contribution in [0.2, 0.25) is 0 Å². The largest absolute Gasteiger partial charge is 0.505 e. The van der Waals surface area contributed by atoms with Crippen LogP contribution in [-0.2, 0) is 18.5 Å². The lowest BCUT2D eigenvalue weighted by Gasteiger charge is -2.49. The molecule has 7 aromatic carbocycles. The van der Waals surface area contributed by atoms with Crippen molar-refractivity contribution in [1.29, 1.82) is 5.26 Å². The summed E-state index contributed by atoms with van der Waals surface area (Å²) in [4.78, 5) is 1.90. The molecule has 8 rings (SSSR count). The second-order valence-electron chi connectivity index (χ2n) is 13.5. The fourth-order valence-corrected chi connectivity index (χ4v) is 7.87. The van der Waals surface area contributed by atoms with Gasteiger partial charge in [-0.3, -0.25) is 5.01 Å². The van der Waals surface area contributed by atoms with E-state index in [0.29, 0.717) is 24.2 Å². The predicted molar refractivity (Wildman–Crippen MR) is 215 cm³/mol. The van der Waals surface area contributed by atoms with Crippen LogP contribution in [-0.4, -0.2) is 16.8 Å². The molecule has 0 spiro atoms. The molecule has 0 atom stereocenters. The normalized spacial score (nSPS) is 12.6. The van der Waals surface area contributed by atoms with Gasteiger partial charge in [-0.25, -0.2) is 4.39 Å². The number of phenols is 1. The van der Waals surface area contributed by atoms with E-state index in [-0.39, 0.29) is 12.4 Å². The summed E-state index contributed by atoms with van der Waals surface area (Å²) >= 11 is 0. The van der Waals surface area contributed by atoms with E-state index in [9.17, 15) is 10.4 Å². The minimum absolute atomic E-state index is 0.201. The molecule has 0 fully saturated rings. The van der Waals surface area contributed by atoms with Crippen LogP contribution in [0.5, 0.6) is 5.75 Å². The molecular formula is C48H39FN4O. The molecule has 0 bridgehead atoms. The molecule has 1 N–H and O–H groups in total. The van der Waals surface area contributed by atoms with Crippen molar-refractivity contribution >= 4 is 17.1 Å². The van der Waals surface area contributed by atoms with Gasteiger partial charge in [0.15, 0.2) is 11.6 Å². The van der Waals surface area contributed by atoms with Crippen molar-refractivity contribution in [2.75, 3.05) is 16.6 Å². The van der Waals surface area contributed by atoms with Gasteiger partial charge in [0.2, 0.25) is 0 Å². The van der Waals surface area contributed by atoms with Gasteiger partial charge >= 0.3 is 0 Å². The maximum atomic E-state index is 16.4. The Morgan fingerprint density at radius 3 is 1.80 bits per heavy atom. The number of nitriles is 1. The number of halogens is 1. The van der Waals surface area contributed by atoms with Crippen LogP contribution in [0.25, 0.3) is 11.1 Å². The molecule has 0 amide bonds. The number of benzene rings is 7. The number of rotatable bonds is 10. The summed E-state index contributed by atoms with van der Waals surface area (Å²) in [5.41, 5.74) is 8.94. The van der Waals surface area contributed by atoms with Gasteiger partial charge in [-0.2, -0.15) is 10.3 Å². The zero-order chi connectivity index (χ0) is 37.1. The first-order valence-corrected chi connectivity index (χ1v) is 18.2. The number of aromatic hydroxyl groups is 1. The SMILES string of the molecule is CCc1cc(O)c(F)c(N(CN2Cc3c(-c4ccccc4)cccc3N2C(c2ccccc2)(c2ccccc2)c2ccccc2)c2ccc(C#N)cc2)c1. The molecular weight excluding hydrogens is 668 g/mol. The van der Waals surface area contributed by atoms with Crippen molar-refractivity contribution in [3.63, 3.8) is 0 Å². The van der Waals surface area contributed by atoms with Gasteiger partial charge in [-0.1, -0.05) is 140 Å². The molecule has 0 aliphatic carbocycles. The Morgan fingerprint density at radius 1 is 0.704 bits per heavy atom. The second-order valence-corrected chi connectivity index (χ2v) is 13.5. The number of anilines is 3. The first-order chi connectivity index (χ1) is 26.5. The summed E-state index contributed by atoms with van der Waals surface area (Å²) in [5.74, 6) is -1.10. The zero-order valence-electron chi connectivity index (χ0n) is 30.0. The molecule has 0 unspecified atom stereocenters. The van der Waals surface area contributed by atoms with E-state index in [1.165, 1.54) is 6.07 Å². The number of fused-ring (bicyclic) bond motifs is 1. The minimum Gasteiger partial charge on any atom is -0.505 e. The predicted octanol–water partition coefficient (Wildman–Crippen LogP) is 11.0. The van der Waals surface area contributed by atoms with E-state index in [4.69, 9.17) is 0 Å². The highest BCUT2D eigenvalue weighted by Crippen LogP contribution is 2.51. The highest BCUT2D eigenvalue weighted by atomic mass is 19.1. The number of phenolic OH excluding ortho intramolecular Hbond substituents is 1. The van der Waals surface area contributed by atoms with Crippen LogP contribution < -0.4 is 9.91 Å². The Kier molecular flexibility index (Phi) is 9.40. The molecule has 0 aromatic heterocycles. The number of hydrogen-bond acceptors (Lipinski definition) is 5. The summed E-state index contributed by atoms with van der Waals surface area (Å²) in [6, 6.07) is 61.2. The smallest absolute Gasteiger partial charge is 0.188 e. The van der Waals surface area contributed by atoms with Crippen molar-refractivity contribution in [2.24, 2.45) is 0 Å². The Hall–Kier alpha value is -6.68. The van der Waals surface area contributed by atoms with Crippen LogP contribution in [0.1, 0.15) is 40.3 Å². The molecule has 7 aromatic rings. The molecule has 54 heavy (non-hydrogen) atoms.